The largest absolute Gasteiger partial charge is 0.310 e. The van der Waals surface area contributed by atoms with Gasteiger partial charge in [0.1, 0.15) is 0 Å². The normalized spacial score (nSPS) is 12.9. The van der Waals surface area contributed by atoms with Crippen molar-refractivity contribution in [2.45, 2.75) is 12.8 Å². The van der Waals surface area contributed by atoms with Crippen LogP contribution >= 0.6 is 0 Å². The molecule has 0 unspecified atom stereocenters. The first-order valence-electron chi connectivity index (χ1n) is 18.2. The molecule has 8 aromatic carbocycles. The van der Waals surface area contributed by atoms with Gasteiger partial charge in [0.2, 0.25) is 0 Å². The van der Waals surface area contributed by atoms with Gasteiger partial charge in [0.15, 0.2) is 0 Å². The lowest BCUT2D eigenvalue weighted by Gasteiger charge is -2.26. The summed E-state index contributed by atoms with van der Waals surface area (Å²) in [6.07, 6.45) is 9.11. The molecular formula is C50H36N2. The molecule has 0 aliphatic heterocycles. The number of anilines is 3. The molecule has 0 bridgehead atoms. The Morgan fingerprint density at radius 2 is 1.02 bits per heavy atom. The van der Waals surface area contributed by atoms with Gasteiger partial charge in [-0.1, -0.05) is 140 Å². The molecule has 1 aromatic heterocycles. The van der Waals surface area contributed by atoms with Crippen molar-refractivity contribution in [3.05, 3.63) is 194 Å². The molecule has 1 aliphatic carbocycles. The second-order valence-electron chi connectivity index (χ2n) is 13.7. The van der Waals surface area contributed by atoms with E-state index < -0.39 is 0 Å². The zero-order valence-corrected chi connectivity index (χ0v) is 28.8. The SMILES string of the molecule is C1=CC(n2c3ccccc3c3ccc4ccc(N(c5ccc(-c6ccccc6)cc5)c5ccc(-c6ccc7ccccc7c6)cc5)cc4c32)=CCC1. The first kappa shape index (κ1) is 30.2. The van der Waals surface area contributed by atoms with E-state index in [1.807, 2.05) is 0 Å². The minimum Gasteiger partial charge on any atom is -0.310 e. The minimum atomic E-state index is 1.05. The number of aromatic nitrogens is 1. The first-order valence-corrected chi connectivity index (χ1v) is 18.2. The third-order valence-corrected chi connectivity index (χ3v) is 10.6. The molecule has 0 saturated heterocycles. The highest BCUT2D eigenvalue weighted by atomic mass is 15.1. The van der Waals surface area contributed by atoms with Gasteiger partial charge in [-0.15, -0.1) is 0 Å². The zero-order valence-electron chi connectivity index (χ0n) is 28.8. The van der Waals surface area contributed by atoms with Crippen LogP contribution in [0, 0.1) is 0 Å². The number of benzene rings is 8. The van der Waals surface area contributed by atoms with Gasteiger partial charge in [-0.3, -0.25) is 0 Å². The third-order valence-electron chi connectivity index (χ3n) is 10.6. The topological polar surface area (TPSA) is 8.17 Å². The maximum atomic E-state index is 2.48. The summed E-state index contributed by atoms with van der Waals surface area (Å²) in [6.45, 7) is 0. The van der Waals surface area contributed by atoms with E-state index >= 15 is 0 Å². The lowest BCUT2D eigenvalue weighted by atomic mass is 10.0. The van der Waals surface area contributed by atoms with Gasteiger partial charge in [-0.05, 0) is 106 Å². The van der Waals surface area contributed by atoms with Crippen LogP contribution in [0.4, 0.5) is 17.1 Å². The van der Waals surface area contributed by atoms with E-state index in [0.717, 1.165) is 29.9 Å². The molecule has 52 heavy (non-hydrogen) atoms. The van der Waals surface area contributed by atoms with E-state index in [1.165, 1.54) is 71.3 Å². The van der Waals surface area contributed by atoms with E-state index in [-0.39, 0.29) is 0 Å². The Hall–Kier alpha value is -6.64. The maximum absolute atomic E-state index is 2.48. The second-order valence-corrected chi connectivity index (χ2v) is 13.7. The van der Waals surface area contributed by atoms with Crippen LogP contribution in [0.5, 0.6) is 0 Å². The quantitative estimate of drug-likeness (QED) is 0.172. The molecular weight excluding hydrogens is 629 g/mol. The van der Waals surface area contributed by atoms with Crippen molar-refractivity contribution in [1.29, 1.82) is 0 Å². The number of hydrogen-bond donors (Lipinski definition) is 0. The summed E-state index contributed by atoms with van der Waals surface area (Å²) in [5, 5.41) is 7.54. The standard InChI is InChI=1S/C50H36N2/c1-3-11-35(12-4-1)37-21-27-43(28-22-37)51(44-29-23-38(24-30-44)41-20-19-36-13-7-8-14-40(36)33-41)45-31-25-39-26-32-47-46-17-9-10-18-49(46)52(50(47)48(39)34-45)42-15-5-2-6-16-42/h1,3-5,7-34H,2,6H2. The van der Waals surface area contributed by atoms with E-state index in [0.29, 0.717) is 0 Å². The lowest BCUT2D eigenvalue weighted by molar-refractivity contribution is 1.02. The van der Waals surface area contributed by atoms with Crippen molar-refractivity contribution in [3.8, 4) is 22.3 Å². The number of hydrogen-bond acceptors (Lipinski definition) is 1. The third kappa shape index (κ3) is 5.20. The van der Waals surface area contributed by atoms with Crippen LogP contribution in [0.2, 0.25) is 0 Å². The number of rotatable bonds is 6. The molecule has 246 valence electrons. The second kappa shape index (κ2) is 12.6. The van der Waals surface area contributed by atoms with Crippen molar-refractivity contribution in [3.63, 3.8) is 0 Å². The summed E-state index contributed by atoms with van der Waals surface area (Å²) in [4.78, 5) is 2.39. The van der Waals surface area contributed by atoms with E-state index in [9.17, 15) is 0 Å². The Morgan fingerprint density at radius 1 is 0.404 bits per heavy atom. The smallest absolute Gasteiger partial charge is 0.0620 e. The van der Waals surface area contributed by atoms with Crippen LogP contribution in [-0.4, -0.2) is 4.57 Å². The van der Waals surface area contributed by atoms with Gasteiger partial charge in [0.25, 0.3) is 0 Å². The fourth-order valence-electron chi connectivity index (χ4n) is 7.99. The number of fused-ring (bicyclic) bond motifs is 6. The summed E-state index contributed by atoms with van der Waals surface area (Å²) in [7, 11) is 0. The van der Waals surface area contributed by atoms with Crippen molar-refractivity contribution < 1.29 is 0 Å². The molecule has 0 atom stereocenters. The van der Waals surface area contributed by atoms with Crippen LogP contribution < -0.4 is 4.90 Å². The Morgan fingerprint density at radius 3 is 1.79 bits per heavy atom. The van der Waals surface area contributed by atoms with Crippen LogP contribution in [-0.2, 0) is 0 Å². The summed E-state index contributed by atoms with van der Waals surface area (Å²) >= 11 is 0. The fraction of sp³-hybridized carbons (Fsp3) is 0.0400. The number of allylic oxidation sites excluding steroid dienone is 4. The summed E-state index contributed by atoms with van der Waals surface area (Å²) < 4.78 is 2.48. The summed E-state index contributed by atoms with van der Waals surface area (Å²) in [5.74, 6) is 0. The van der Waals surface area contributed by atoms with E-state index in [1.54, 1.807) is 0 Å². The molecule has 1 aliphatic rings. The predicted octanol–water partition coefficient (Wildman–Crippen LogP) is 14.1. The maximum Gasteiger partial charge on any atom is 0.0620 e. The Bertz CT molecular complexity index is 2820. The van der Waals surface area contributed by atoms with Crippen LogP contribution in [0.15, 0.2) is 194 Å². The number of para-hydroxylation sites is 1. The highest BCUT2D eigenvalue weighted by molar-refractivity contribution is 6.20. The van der Waals surface area contributed by atoms with Gasteiger partial charge < -0.3 is 9.47 Å². The monoisotopic (exact) mass is 664 g/mol. The first-order chi connectivity index (χ1) is 25.8. The average Bonchev–Trinajstić information content (AvgIpc) is 3.57. The molecule has 0 N–H and O–H groups in total. The van der Waals surface area contributed by atoms with E-state index in [2.05, 4.69) is 204 Å². The fourth-order valence-corrected chi connectivity index (χ4v) is 7.99. The zero-order chi connectivity index (χ0) is 34.4. The highest BCUT2D eigenvalue weighted by Crippen LogP contribution is 2.42. The molecule has 10 rings (SSSR count). The van der Waals surface area contributed by atoms with Crippen LogP contribution in [0.25, 0.3) is 71.3 Å². The minimum absolute atomic E-state index is 1.05. The molecule has 9 aromatic rings. The van der Waals surface area contributed by atoms with Gasteiger partial charge in [-0.2, -0.15) is 0 Å². The Balaban J connectivity index is 1.15. The van der Waals surface area contributed by atoms with Crippen molar-refractivity contribution in [2.24, 2.45) is 0 Å². The van der Waals surface area contributed by atoms with E-state index in [4.69, 9.17) is 0 Å². The predicted molar refractivity (Wildman–Crippen MR) is 223 cm³/mol. The van der Waals surface area contributed by atoms with Gasteiger partial charge in [-0.25, -0.2) is 0 Å². The molecule has 0 saturated carbocycles. The molecule has 0 amide bonds. The molecule has 2 nitrogen and oxygen atoms in total. The van der Waals surface area contributed by atoms with Crippen LogP contribution in [0.3, 0.4) is 0 Å². The summed E-state index contributed by atoms with van der Waals surface area (Å²) in [5.41, 5.74) is 11.9. The lowest BCUT2D eigenvalue weighted by Crippen LogP contribution is -2.10. The van der Waals surface area contributed by atoms with Gasteiger partial charge in [0.05, 0.1) is 11.0 Å². The molecule has 2 heteroatoms. The molecule has 0 spiro atoms. The summed E-state index contributed by atoms with van der Waals surface area (Å²) in [6, 6.07) is 64.2. The van der Waals surface area contributed by atoms with Gasteiger partial charge >= 0.3 is 0 Å². The Labute approximate surface area is 303 Å². The van der Waals surface area contributed by atoms with Crippen LogP contribution in [0.1, 0.15) is 12.8 Å². The average molecular weight is 665 g/mol. The van der Waals surface area contributed by atoms with Gasteiger partial charge in [0, 0.05) is 38.9 Å². The molecule has 0 radical (unpaired) electrons. The molecule has 0 fully saturated rings. The number of nitrogens with zero attached hydrogens (tertiary/aromatic N) is 2. The van der Waals surface area contributed by atoms with Crippen molar-refractivity contribution in [1.82, 2.24) is 4.57 Å². The van der Waals surface area contributed by atoms with Crippen molar-refractivity contribution in [2.75, 3.05) is 4.90 Å². The Kier molecular flexibility index (Phi) is 7.32. The molecule has 1 heterocycles. The van der Waals surface area contributed by atoms with Crippen molar-refractivity contribution >= 4 is 66.1 Å². The highest BCUT2D eigenvalue weighted by Gasteiger charge is 2.19.